The SMILES string of the molecule is CCCCCCCCC(CCC(F)(F)F)C(OCCC)(OCCC)OCCC. The Bertz CT molecular complexity index is 327. The van der Waals surface area contributed by atoms with E-state index in [0.29, 0.717) is 26.2 Å². The van der Waals surface area contributed by atoms with Crippen LogP contribution >= 0.6 is 0 Å². The summed E-state index contributed by atoms with van der Waals surface area (Å²) in [6, 6.07) is 0. The van der Waals surface area contributed by atoms with Crippen LogP contribution in [-0.2, 0) is 14.2 Å². The molecule has 0 bridgehead atoms. The molecule has 170 valence electrons. The first-order valence-electron chi connectivity index (χ1n) is 11.3. The van der Waals surface area contributed by atoms with Crippen LogP contribution in [0, 0.1) is 5.92 Å². The van der Waals surface area contributed by atoms with E-state index in [0.717, 1.165) is 38.5 Å². The molecule has 0 aromatic carbocycles. The van der Waals surface area contributed by atoms with E-state index in [1.807, 2.05) is 20.8 Å². The van der Waals surface area contributed by atoms with Crippen LogP contribution in [0.4, 0.5) is 13.2 Å². The summed E-state index contributed by atoms with van der Waals surface area (Å²) < 4.78 is 56.9. The first-order chi connectivity index (χ1) is 13.3. The number of hydrogen-bond acceptors (Lipinski definition) is 3. The van der Waals surface area contributed by atoms with Crippen molar-refractivity contribution in [2.75, 3.05) is 19.8 Å². The van der Waals surface area contributed by atoms with Crippen molar-refractivity contribution in [3.8, 4) is 0 Å². The van der Waals surface area contributed by atoms with E-state index in [1.165, 1.54) is 19.3 Å². The summed E-state index contributed by atoms with van der Waals surface area (Å²) in [5, 5.41) is 0. The topological polar surface area (TPSA) is 27.7 Å². The second-order valence-corrected chi connectivity index (χ2v) is 7.56. The average molecular weight is 413 g/mol. The largest absolute Gasteiger partial charge is 0.389 e. The Morgan fingerprint density at radius 1 is 0.607 bits per heavy atom. The zero-order chi connectivity index (χ0) is 21.3. The highest BCUT2D eigenvalue weighted by molar-refractivity contribution is 4.75. The molecule has 0 N–H and O–H groups in total. The quantitative estimate of drug-likeness (QED) is 0.161. The lowest BCUT2D eigenvalue weighted by Gasteiger charge is -2.40. The molecule has 1 unspecified atom stereocenters. The summed E-state index contributed by atoms with van der Waals surface area (Å²) in [6.45, 7) is 9.32. The lowest BCUT2D eigenvalue weighted by atomic mass is 9.92. The van der Waals surface area contributed by atoms with Crippen molar-refractivity contribution < 1.29 is 27.4 Å². The molecule has 0 aliphatic rings. The minimum Gasteiger partial charge on any atom is -0.327 e. The van der Waals surface area contributed by atoms with Crippen LogP contribution in [0.15, 0.2) is 0 Å². The normalized spacial score (nSPS) is 13.8. The van der Waals surface area contributed by atoms with Crippen molar-refractivity contribution in [2.45, 2.75) is 117 Å². The van der Waals surface area contributed by atoms with Crippen LogP contribution in [0.3, 0.4) is 0 Å². The summed E-state index contributed by atoms with van der Waals surface area (Å²) in [5.74, 6) is -1.79. The number of hydrogen-bond donors (Lipinski definition) is 0. The van der Waals surface area contributed by atoms with Crippen LogP contribution in [0.5, 0.6) is 0 Å². The van der Waals surface area contributed by atoms with Gasteiger partial charge in [0.1, 0.15) is 0 Å². The first kappa shape index (κ1) is 27.7. The maximum Gasteiger partial charge on any atom is 0.389 e. The highest BCUT2D eigenvalue weighted by Gasteiger charge is 2.44. The van der Waals surface area contributed by atoms with E-state index < -0.39 is 24.5 Å². The highest BCUT2D eigenvalue weighted by Crippen LogP contribution is 2.37. The van der Waals surface area contributed by atoms with Crippen molar-refractivity contribution >= 4 is 0 Å². The summed E-state index contributed by atoms with van der Waals surface area (Å²) in [5.41, 5.74) is 0. The summed E-state index contributed by atoms with van der Waals surface area (Å²) in [6.07, 6.45) is 4.42. The Morgan fingerprint density at radius 2 is 1.07 bits per heavy atom. The molecule has 0 heterocycles. The van der Waals surface area contributed by atoms with E-state index in [-0.39, 0.29) is 6.42 Å². The number of rotatable bonds is 19. The fourth-order valence-corrected chi connectivity index (χ4v) is 3.22. The fourth-order valence-electron chi connectivity index (χ4n) is 3.22. The third-order valence-corrected chi connectivity index (χ3v) is 4.70. The van der Waals surface area contributed by atoms with Gasteiger partial charge in [0.15, 0.2) is 0 Å². The second kappa shape index (κ2) is 16.5. The van der Waals surface area contributed by atoms with E-state index in [4.69, 9.17) is 14.2 Å². The van der Waals surface area contributed by atoms with Crippen molar-refractivity contribution in [2.24, 2.45) is 5.92 Å². The third-order valence-electron chi connectivity index (χ3n) is 4.70. The van der Waals surface area contributed by atoms with Gasteiger partial charge in [-0.3, -0.25) is 0 Å². The second-order valence-electron chi connectivity index (χ2n) is 7.56. The zero-order valence-corrected chi connectivity index (χ0v) is 18.5. The van der Waals surface area contributed by atoms with Crippen LogP contribution in [0.25, 0.3) is 0 Å². The molecule has 6 heteroatoms. The van der Waals surface area contributed by atoms with E-state index >= 15 is 0 Å². The highest BCUT2D eigenvalue weighted by atomic mass is 19.4. The van der Waals surface area contributed by atoms with Gasteiger partial charge in [0.25, 0.3) is 5.97 Å². The first-order valence-corrected chi connectivity index (χ1v) is 11.3. The van der Waals surface area contributed by atoms with Gasteiger partial charge in [-0.1, -0.05) is 66.2 Å². The minimum absolute atomic E-state index is 0.0321. The van der Waals surface area contributed by atoms with Gasteiger partial charge < -0.3 is 14.2 Å². The number of halogens is 3. The summed E-state index contributed by atoms with van der Waals surface area (Å²) in [4.78, 5) is 0. The molecule has 0 aromatic rings. The predicted molar refractivity (Wildman–Crippen MR) is 108 cm³/mol. The van der Waals surface area contributed by atoms with Crippen molar-refractivity contribution in [3.05, 3.63) is 0 Å². The van der Waals surface area contributed by atoms with E-state index in [1.54, 1.807) is 0 Å². The summed E-state index contributed by atoms with van der Waals surface area (Å²) >= 11 is 0. The van der Waals surface area contributed by atoms with Crippen molar-refractivity contribution in [1.82, 2.24) is 0 Å². The lowest BCUT2D eigenvalue weighted by Crippen LogP contribution is -2.47. The molecule has 28 heavy (non-hydrogen) atoms. The predicted octanol–water partition coefficient (Wildman–Crippen LogP) is 7.63. The fraction of sp³-hybridized carbons (Fsp3) is 1.00. The minimum atomic E-state index is -4.19. The molecular formula is C22H43F3O3. The zero-order valence-electron chi connectivity index (χ0n) is 18.5. The molecule has 0 radical (unpaired) electrons. The molecule has 0 aliphatic heterocycles. The maximum absolute atomic E-state index is 13.0. The molecule has 0 amide bonds. The molecule has 0 saturated heterocycles. The molecule has 0 rings (SSSR count). The third kappa shape index (κ3) is 13.0. The molecule has 3 nitrogen and oxygen atoms in total. The van der Waals surface area contributed by atoms with Gasteiger partial charge in [-0.05, 0) is 32.1 Å². The standard InChI is InChI=1S/C22H43F3O3/c1-5-9-10-11-12-13-14-20(15-16-21(23,24)25)22(26-17-6-2,27-18-7-3)28-19-8-4/h20H,5-19H2,1-4H3. The smallest absolute Gasteiger partial charge is 0.327 e. The van der Waals surface area contributed by atoms with E-state index in [2.05, 4.69) is 6.92 Å². The van der Waals surface area contributed by atoms with Gasteiger partial charge in [0.05, 0.1) is 19.8 Å². The molecule has 0 aromatic heterocycles. The number of alkyl halides is 3. The van der Waals surface area contributed by atoms with Crippen LogP contribution in [-0.4, -0.2) is 32.0 Å². The van der Waals surface area contributed by atoms with Crippen molar-refractivity contribution in [3.63, 3.8) is 0 Å². The Morgan fingerprint density at radius 3 is 1.50 bits per heavy atom. The Kier molecular flexibility index (Phi) is 16.3. The molecule has 0 saturated carbocycles. The average Bonchev–Trinajstić information content (AvgIpc) is 2.66. The van der Waals surface area contributed by atoms with Gasteiger partial charge in [-0.25, -0.2) is 0 Å². The van der Waals surface area contributed by atoms with Gasteiger partial charge >= 0.3 is 6.18 Å². The van der Waals surface area contributed by atoms with Crippen LogP contribution < -0.4 is 0 Å². The molecule has 0 spiro atoms. The summed E-state index contributed by atoms with van der Waals surface area (Å²) in [7, 11) is 0. The Labute approximate surface area is 170 Å². The maximum atomic E-state index is 13.0. The van der Waals surface area contributed by atoms with Gasteiger partial charge in [-0.15, -0.1) is 0 Å². The van der Waals surface area contributed by atoms with Crippen LogP contribution in [0.1, 0.15) is 105 Å². The molecule has 0 aliphatic carbocycles. The van der Waals surface area contributed by atoms with Gasteiger partial charge in [0.2, 0.25) is 0 Å². The molecular weight excluding hydrogens is 369 g/mol. The van der Waals surface area contributed by atoms with Crippen molar-refractivity contribution in [1.29, 1.82) is 0 Å². The van der Waals surface area contributed by atoms with E-state index in [9.17, 15) is 13.2 Å². The number of unbranched alkanes of at least 4 members (excludes halogenated alkanes) is 5. The molecule has 1 atom stereocenters. The number of ether oxygens (including phenoxy) is 3. The monoisotopic (exact) mass is 412 g/mol. The molecule has 0 fully saturated rings. The van der Waals surface area contributed by atoms with Gasteiger partial charge in [0, 0.05) is 12.3 Å². The Hall–Kier alpha value is -0.330. The Balaban J connectivity index is 5.24. The van der Waals surface area contributed by atoms with Crippen LogP contribution in [0.2, 0.25) is 0 Å². The lowest BCUT2D eigenvalue weighted by molar-refractivity contribution is -0.407. The van der Waals surface area contributed by atoms with Gasteiger partial charge in [-0.2, -0.15) is 13.2 Å².